The van der Waals surface area contributed by atoms with E-state index in [4.69, 9.17) is 11.6 Å². The quantitative estimate of drug-likeness (QED) is 0.727. The summed E-state index contributed by atoms with van der Waals surface area (Å²) >= 11 is 5.96. The minimum atomic E-state index is 0.274. The molecule has 0 spiro atoms. The van der Waals surface area contributed by atoms with Gasteiger partial charge in [0.05, 0.1) is 5.56 Å². The van der Waals surface area contributed by atoms with Crippen molar-refractivity contribution in [1.29, 1.82) is 5.26 Å². The fraction of sp³-hybridized carbons (Fsp3) is 0.200. The lowest BCUT2D eigenvalue weighted by Crippen LogP contribution is -1.90. The Balaban J connectivity index is 2.16. The molecule has 0 bridgehead atoms. The Labute approximate surface area is 111 Å². The zero-order chi connectivity index (χ0) is 12.5. The van der Waals surface area contributed by atoms with Crippen molar-refractivity contribution >= 4 is 11.6 Å². The van der Waals surface area contributed by atoms with Crippen LogP contribution in [-0.4, -0.2) is 4.98 Å². The van der Waals surface area contributed by atoms with Gasteiger partial charge in [-0.05, 0) is 42.0 Å². The molecule has 0 unspecified atom stereocenters. The molecule has 1 aromatic carbocycles. The topological polar surface area (TPSA) is 36.7 Å². The maximum Gasteiger partial charge on any atom is 0.147 e. The number of fused-ring (bicyclic) bond motifs is 1. The Hall–Kier alpha value is -1.85. The second-order valence-electron chi connectivity index (χ2n) is 4.47. The second kappa shape index (κ2) is 4.44. The zero-order valence-electron chi connectivity index (χ0n) is 9.78. The molecule has 2 nitrogen and oxygen atoms in total. The maximum atomic E-state index is 9.18. The largest absolute Gasteiger partial charge is 0.243 e. The number of aromatic nitrogens is 1. The third-order valence-corrected chi connectivity index (χ3v) is 3.71. The first-order valence-electron chi connectivity index (χ1n) is 5.96. The van der Waals surface area contributed by atoms with Gasteiger partial charge in [-0.3, -0.25) is 0 Å². The molecule has 0 saturated carbocycles. The third-order valence-electron chi connectivity index (χ3n) is 3.43. The first-order chi connectivity index (χ1) is 8.79. The van der Waals surface area contributed by atoms with Crippen LogP contribution in [0.4, 0.5) is 0 Å². The van der Waals surface area contributed by atoms with Crippen LogP contribution in [0.15, 0.2) is 30.5 Å². The molecule has 1 heterocycles. The lowest BCUT2D eigenvalue weighted by atomic mass is 9.98. The predicted molar refractivity (Wildman–Crippen MR) is 71.4 cm³/mol. The van der Waals surface area contributed by atoms with Gasteiger partial charge < -0.3 is 0 Å². The fourth-order valence-electron chi connectivity index (χ4n) is 2.52. The predicted octanol–water partition coefficient (Wildman–Crippen LogP) is 3.76. The van der Waals surface area contributed by atoms with E-state index in [9.17, 15) is 5.26 Å². The van der Waals surface area contributed by atoms with Crippen LogP contribution in [0.25, 0.3) is 11.1 Å². The van der Waals surface area contributed by atoms with Gasteiger partial charge in [-0.2, -0.15) is 5.26 Å². The summed E-state index contributed by atoms with van der Waals surface area (Å²) in [6.45, 7) is 0. The molecular weight excluding hydrogens is 244 g/mol. The molecule has 3 heteroatoms. The number of nitrogens with zero attached hydrogens (tertiary/aromatic N) is 2. The Bertz CT molecular complexity index is 656. The van der Waals surface area contributed by atoms with Crippen molar-refractivity contribution in [3.05, 3.63) is 52.3 Å². The lowest BCUT2D eigenvalue weighted by Gasteiger charge is -2.07. The average Bonchev–Trinajstić information content (AvgIpc) is 2.85. The highest BCUT2D eigenvalue weighted by Crippen LogP contribution is 2.31. The zero-order valence-corrected chi connectivity index (χ0v) is 10.5. The van der Waals surface area contributed by atoms with Gasteiger partial charge in [-0.25, -0.2) is 4.98 Å². The van der Waals surface area contributed by atoms with Gasteiger partial charge in [-0.1, -0.05) is 29.8 Å². The van der Waals surface area contributed by atoms with Crippen molar-refractivity contribution in [3.63, 3.8) is 0 Å². The van der Waals surface area contributed by atoms with E-state index in [1.807, 2.05) is 6.07 Å². The Morgan fingerprint density at radius 1 is 1.17 bits per heavy atom. The molecule has 0 N–H and O–H groups in total. The van der Waals surface area contributed by atoms with Gasteiger partial charge in [0.15, 0.2) is 0 Å². The van der Waals surface area contributed by atoms with E-state index in [1.54, 1.807) is 6.20 Å². The maximum absolute atomic E-state index is 9.18. The van der Waals surface area contributed by atoms with Gasteiger partial charge in [0.25, 0.3) is 0 Å². The number of pyridine rings is 1. The lowest BCUT2D eigenvalue weighted by molar-refractivity contribution is 0.912. The molecule has 88 valence electrons. The van der Waals surface area contributed by atoms with Crippen molar-refractivity contribution < 1.29 is 0 Å². The highest BCUT2D eigenvalue weighted by molar-refractivity contribution is 6.31. The molecule has 0 atom stereocenters. The summed E-state index contributed by atoms with van der Waals surface area (Å²) in [6.07, 6.45) is 5.16. The Morgan fingerprint density at radius 3 is 2.83 bits per heavy atom. The molecule has 18 heavy (non-hydrogen) atoms. The van der Waals surface area contributed by atoms with Crippen LogP contribution in [0.2, 0.25) is 5.15 Å². The summed E-state index contributed by atoms with van der Waals surface area (Å²) in [5.41, 5.74) is 5.20. The van der Waals surface area contributed by atoms with Gasteiger partial charge >= 0.3 is 0 Å². The third kappa shape index (κ3) is 1.77. The standard InChI is InChI=1S/C15H11ClN2/c16-15-14(9-17)13(6-7-18-15)12-5-4-10-2-1-3-11(10)8-12/h4-8H,1-3H2. The van der Waals surface area contributed by atoms with E-state index < -0.39 is 0 Å². The number of aryl methyl sites for hydroxylation is 2. The van der Waals surface area contributed by atoms with Gasteiger partial charge in [-0.15, -0.1) is 0 Å². The van der Waals surface area contributed by atoms with E-state index in [0.717, 1.165) is 24.0 Å². The molecule has 1 aliphatic carbocycles. The SMILES string of the molecule is N#Cc1c(-c2ccc3c(c2)CCC3)ccnc1Cl. The van der Waals surface area contributed by atoms with Crippen LogP contribution >= 0.6 is 11.6 Å². The highest BCUT2D eigenvalue weighted by atomic mass is 35.5. The van der Waals surface area contributed by atoms with E-state index >= 15 is 0 Å². The van der Waals surface area contributed by atoms with Gasteiger partial charge in [0.2, 0.25) is 0 Å². The van der Waals surface area contributed by atoms with E-state index in [0.29, 0.717) is 5.56 Å². The summed E-state index contributed by atoms with van der Waals surface area (Å²) in [4.78, 5) is 3.95. The number of halogens is 1. The summed E-state index contributed by atoms with van der Waals surface area (Å²) in [6, 6.07) is 10.4. The summed E-state index contributed by atoms with van der Waals surface area (Å²) in [5.74, 6) is 0. The van der Waals surface area contributed by atoms with Crippen LogP contribution in [0.5, 0.6) is 0 Å². The van der Waals surface area contributed by atoms with Crippen LogP contribution in [-0.2, 0) is 12.8 Å². The van der Waals surface area contributed by atoms with E-state index in [2.05, 4.69) is 29.3 Å². The Morgan fingerprint density at radius 2 is 2.00 bits per heavy atom. The Kier molecular flexibility index (Phi) is 2.77. The molecule has 0 saturated heterocycles. The smallest absolute Gasteiger partial charge is 0.147 e. The van der Waals surface area contributed by atoms with Crippen molar-refractivity contribution in [2.45, 2.75) is 19.3 Å². The van der Waals surface area contributed by atoms with Crippen LogP contribution in [0.3, 0.4) is 0 Å². The first-order valence-corrected chi connectivity index (χ1v) is 6.34. The van der Waals surface area contributed by atoms with E-state index in [1.165, 1.54) is 17.5 Å². The van der Waals surface area contributed by atoms with Crippen molar-refractivity contribution in [2.75, 3.05) is 0 Å². The van der Waals surface area contributed by atoms with Crippen LogP contribution in [0.1, 0.15) is 23.1 Å². The summed E-state index contributed by atoms with van der Waals surface area (Å²) in [7, 11) is 0. The van der Waals surface area contributed by atoms with Crippen LogP contribution in [0, 0.1) is 11.3 Å². The first kappa shape index (κ1) is 11.3. The minimum absolute atomic E-state index is 0.274. The monoisotopic (exact) mass is 254 g/mol. The molecule has 0 fully saturated rings. The molecule has 1 aliphatic rings. The number of benzene rings is 1. The second-order valence-corrected chi connectivity index (χ2v) is 4.83. The fourth-order valence-corrected chi connectivity index (χ4v) is 2.72. The summed E-state index contributed by atoms with van der Waals surface area (Å²) < 4.78 is 0. The van der Waals surface area contributed by atoms with Gasteiger partial charge in [0.1, 0.15) is 11.2 Å². The molecule has 0 aliphatic heterocycles. The molecule has 0 amide bonds. The normalized spacial score (nSPS) is 13.1. The molecule has 1 aromatic heterocycles. The number of rotatable bonds is 1. The van der Waals surface area contributed by atoms with Crippen molar-refractivity contribution in [1.82, 2.24) is 4.98 Å². The molecule has 2 aromatic rings. The number of hydrogen-bond donors (Lipinski definition) is 0. The number of nitriles is 1. The van der Waals surface area contributed by atoms with Crippen LogP contribution < -0.4 is 0 Å². The van der Waals surface area contributed by atoms with E-state index in [-0.39, 0.29) is 5.15 Å². The summed E-state index contributed by atoms with van der Waals surface area (Å²) in [5, 5.41) is 9.45. The number of hydrogen-bond acceptors (Lipinski definition) is 2. The molecule has 3 rings (SSSR count). The minimum Gasteiger partial charge on any atom is -0.243 e. The molecule has 0 radical (unpaired) electrons. The molecular formula is C15H11ClN2. The van der Waals surface area contributed by atoms with Crippen molar-refractivity contribution in [3.8, 4) is 17.2 Å². The van der Waals surface area contributed by atoms with Gasteiger partial charge in [0, 0.05) is 11.8 Å². The average molecular weight is 255 g/mol. The highest BCUT2D eigenvalue weighted by Gasteiger charge is 2.14. The van der Waals surface area contributed by atoms with Crippen molar-refractivity contribution in [2.24, 2.45) is 0 Å².